The predicted molar refractivity (Wildman–Crippen MR) is 304 cm³/mol. The predicted octanol–water partition coefficient (Wildman–Crippen LogP) is 20.5. The number of rotatable bonds is 20. The van der Waals surface area contributed by atoms with Crippen LogP contribution >= 0.6 is 0 Å². The Balaban J connectivity index is 0.000000247. The molecule has 2 aliphatic rings. The van der Waals surface area contributed by atoms with Crippen LogP contribution in [0, 0.1) is 0 Å². The van der Waals surface area contributed by atoms with Crippen molar-refractivity contribution in [1.82, 2.24) is 0 Å². The third-order valence-corrected chi connectivity index (χ3v) is 16.9. The Morgan fingerprint density at radius 1 is 0.386 bits per heavy atom. The summed E-state index contributed by atoms with van der Waals surface area (Å²) in [5.74, 6) is 5.30. The molecule has 0 N–H and O–H groups in total. The summed E-state index contributed by atoms with van der Waals surface area (Å²) >= 11 is 0. The molecule has 2 unspecified atom stereocenters. The van der Waals surface area contributed by atoms with Crippen LogP contribution in [-0.2, 0) is 10.8 Å². The molecular formula is C66H104O4. The molecule has 6 rings (SSSR count). The van der Waals surface area contributed by atoms with Crippen molar-refractivity contribution in [2.24, 2.45) is 0 Å². The molecule has 4 heteroatoms. The van der Waals surface area contributed by atoms with Crippen molar-refractivity contribution in [3.63, 3.8) is 0 Å². The maximum absolute atomic E-state index is 6.16. The lowest BCUT2D eigenvalue weighted by Crippen LogP contribution is -2.30. The molecule has 0 aromatic heterocycles. The van der Waals surface area contributed by atoms with Crippen LogP contribution in [0.3, 0.4) is 0 Å². The molecule has 0 heterocycles. The molecule has 2 fully saturated rings. The fourth-order valence-electron chi connectivity index (χ4n) is 8.93. The maximum Gasteiger partial charge on any atom is 0.120 e. The van der Waals surface area contributed by atoms with Crippen molar-refractivity contribution in [2.75, 3.05) is 0 Å². The van der Waals surface area contributed by atoms with Gasteiger partial charge >= 0.3 is 0 Å². The van der Waals surface area contributed by atoms with E-state index in [1.165, 1.54) is 86.5 Å². The molecule has 4 aromatic rings. The summed E-state index contributed by atoms with van der Waals surface area (Å²) in [6, 6.07) is 34.6. The van der Waals surface area contributed by atoms with E-state index in [1.54, 1.807) is 0 Å². The van der Waals surface area contributed by atoms with Gasteiger partial charge in [-0.3, -0.25) is 0 Å². The van der Waals surface area contributed by atoms with Gasteiger partial charge in [0.25, 0.3) is 0 Å². The van der Waals surface area contributed by atoms with Crippen molar-refractivity contribution in [3.05, 3.63) is 119 Å². The first kappa shape index (κ1) is 60.4. The van der Waals surface area contributed by atoms with E-state index in [-0.39, 0.29) is 33.2 Å². The summed E-state index contributed by atoms with van der Waals surface area (Å²) in [6.45, 7) is 40.2. The van der Waals surface area contributed by atoms with Gasteiger partial charge in [-0.05, 0) is 224 Å². The molecule has 0 aliphatic heterocycles. The Hall–Kier alpha value is -3.92. The van der Waals surface area contributed by atoms with Gasteiger partial charge in [0, 0.05) is 0 Å². The molecule has 0 bridgehead atoms. The zero-order chi connectivity index (χ0) is 52.2. The average Bonchev–Trinajstić information content (AvgIpc) is 4.01. The highest BCUT2D eigenvalue weighted by molar-refractivity contribution is 5.34. The van der Waals surface area contributed by atoms with Crippen molar-refractivity contribution in [2.45, 2.75) is 272 Å². The topological polar surface area (TPSA) is 36.9 Å². The minimum Gasteiger partial charge on any atom is -0.488 e. The fraction of sp³-hybridized carbons (Fsp3) is 0.636. The Morgan fingerprint density at radius 2 is 0.643 bits per heavy atom. The summed E-state index contributed by atoms with van der Waals surface area (Å²) in [5.41, 5.74) is 6.18. The molecule has 0 saturated heterocycles. The summed E-state index contributed by atoms with van der Waals surface area (Å²) < 4.78 is 24.5. The Labute approximate surface area is 431 Å². The van der Waals surface area contributed by atoms with Crippen molar-refractivity contribution in [1.29, 1.82) is 0 Å². The third kappa shape index (κ3) is 18.9. The quantitative estimate of drug-likeness (QED) is 0.0884. The fourth-order valence-corrected chi connectivity index (χ4v) is 8.93. The smallest absolute Gasteiger partial charge is 0.120 e. The van der Waals surface area contributed by atoms with Crippen LogP contribution in [0.15, 0.2) is 97.1 Å². The highest BCUT2D eigenvalue weighted by Gasteiger charge is 2.32. The zero-order valence-electron chi connectivity index (χ0n) is 48.3. The molecule has 4 nitrogen and oxygen atoms in total. The van der Waals surface area contributed by atoms with Crippen LogP contribution in [0.1, 0.15) is 261 Å². The molecule has 392 valence electrons. The van der Waals surface area contributed by atoms with Gasteiger partial charge in [0.15, 0.2) is 0 Å². The summed E-state index contributed by atoms with van der Waals surface area (Å²) in [6.07, 6.45) is 18.8. The van der Waals surface area contributed by atoms with Crippen molar-refractivity contribution < 1.29 is 18.9 Å². The minimum absolute atomic E-state index is 0.0299. The van der Waals surface area contributed by atoms with E-state index < -0.39 is 0 Å². The normalized spacial score (nSPS) is 16.3. The van der Waals surface area contributed by atoms with E-state index in [4.69, 9.17) is 18.9 Å². The largest absolute Gasteiger partial charge is 0.488 e. The second kappa shape index (κ2) is 27.8. The lowest BCUT2D eigenvalue weighted by Gasteiger charge is -2.29. The van der Waals surface area contributed by atoms with Crippen LogP contribution < -0.4 is 18.9 Å². The Morgan fingerprint density at radius 3 is 0.900 bits per heavy atom. The molecule has 4 aromatic carbocycles. The highest BCUT2D eigenvalue weighted by atomic mass is 16.5. The lowest BCUT2D eigenvalue weighted by atomic mass is 9.82. The first-order valence-electron chi connectivity index (χ1n) is 28.2. The Bertz CT molecular complexity index is 1890. The van der Waals surface area contributed by atoms with E-state index in [0.717, 1.165) is 61.5 Å². The van der Waals surface area contributed by atoms with Gasteiger partial charge in [-0.25, -0.2) is 0 Å². The van der Waals surface area contributed by atoms with E-state index in [9.17, 15) is 0 Å². The van der Waals surface area contributed by atoms with Crippen LogP contribution in [0.5, 0.6) is 23.0 Å². The van der Waals surface area contributed by atoms with Gasteiger partial charge in [0.05, 0.1) is 0 Å². The van der Waals surface area contributed by atoms with Crippen LogP contribution in [-0.4, -0.2) is 22.4 Å². The van der Waals surface area contributed by atoms with Gasteiger partial charge in [0.2, 0.25) is 0 Å². The molecule has 2 aliphatic carbocycles. The van der Waals surface area contributed by atoms with Gasteiger partial charge in [-0.1, -0.05) is 145 Å². The molecule has 2 atom stereocenters. The molecule has 70 heavy (non-hydrogen) atoms. The second-order valence-electron chi connectivity index (χ2n) is 23.3. The summed E-state index contributed by atoms with van der Waals surface area (Å²) in [4.78, 5) is 0. The van der Waals surface area contributed by atoms with E-state index in [2.05, 4.69) is 222 Å². The Kier molecular flexibility index (Phi) is 24.0. The maximum atomic E-state index is 6.16. The van der Waals surface area contributed by atoms with Crippen LogP contribution in [0.2, 0.25) is 0 Å². The average molecular weight is 962 g/mol. The molecule has 0 spiro atoms. The van der Waals surface area contributed by atoms with Crippen LogP contribution in [0.4, 0.5) is 0 Å². The summed E-state index contributed by atoms with van der Waals surface area (Å²) in [5, 5.41) is 0. The molecule has 0 radical (unpaired) electrons. The third-order valence-electron chi connectivity index (χ3n) is 16.9. The lowest BCUT2D eigenvalue weighted by molar-refractivity contribution is 0.0799. The number of hydrogen-bond acceptors (Lipinski definition) is 4. The van der Waals surface area contributed by atoms with Gasteiger partial charge in [-0.15, -0.1) is 0 Å². The highest BCUT2D eigenvalue weighted by Crippen LogP contribution is 2.37. The van der Waals surface area contributed by atoms with Crippen molar-refractivity contribution in [3.8, 4) is 23.0 Å². The second-order valence-corrected chi connectivity index (χ2v) is 23.3. The van der Waals surface area contributed by atoms with Gasteiger partial charge in [-0.2, -0.15) is 0 Å². The first-order chi connectivity index (χ1) is 33.0. The SMILES string of the molecule is CCC(C)(C)c1ccc(OC2(C)CCCC2)cc1.CCC(C)(CC)Oc1ccc(C(C)(C)CC)cc1.CCC(C)c1ccc(OC(C)(CC)CC)cc1.CCC(C)c1ccc(OC2(C)CCCC2)cc1. The minimum atomic E-state index is -0.0399. The van der Waals surface area contributed by atoms with Gasteiger partial charge in [0.1, 0.15) is 45.4 Å². The zero-order valence-corrected chi connectivity index (χ0v) is 48.3. The monoisotopic (exact) mass is 961 g/mol. The molecule has 0 amide bonds. The molecule has 2 saturated carbocycles. The molecular weight excluding hydrogens is 857 g/mol. The van der Waals surface area contributed by atoms with Gasteiger partial charge < -0.3 is 18.9 Å². The van der Waals surface area contributed by atoms with E-state index in [1.807, 2.05) is 0 Å². The summed E-state index contributed by atoms with van der Waals surface area (Å²) in [7, 11) is 0. The van der Waals surface area contributed by atoms with Crippen LogP contribution in [0.25, 0.3) is 0 Å². The number of hydrogen-bond donors (Lipinski definition) is 0. The van der Waals surface area contributed by atoms with Crippen molar-refractivity contribution >= 4 is 0 Å². The van der Waals surface area contributed by atoms with E-state index >= 15 is 0 Å². The van der Waals surface area contributed by atoms with E-state index in [0.29, 0.717) is 11.8 Å². The number of ether oxygens (including phenoxy) is 4. The standard InChI is InChI=1S/C17H26O.C17H28O.C16H24O.C16H26O/c1-5-16(2,3)14-8-10-15(11-9-14)18-17(4)12-6-7-13-17;1-7-16(4,5)14-10-12-15(13-11-14)18-17(6,8-2)9-3;1-4-13(2)14-7-9-15(10-8-14)17-16(3)11-5-6-12-16;1-6-13(4)14-9-11-15(12-10-14)17-16(5,7-2)8-3/h8-11H,5-7,12-13H2,1-4H3;10-13H,7-9H2,1-6H3;7-10,13H,4-6,11-12H2,1-3H3;9-13H,6-8H2,1-5H3. The number of benzene rings is 4. The first-order valence-corrected chi connectivity index (χ1v) is 28.2.